The predicted octanol–water partition coefficient (Wildman–Crippen LogP) is 2.33. The maximum atomic E-state index is 12.5. The first-order valence-electron chi connectivity index (χ1n) is 9.85. The Morgan fingerprint density at radius 3 is 2.59 bits per heavy atom. The summed E-state index contributed by atoms with van der Waals surface area (Å²) in [6.07, 6.45) is 0. The molecule has 1 heterocycles. The second-order valence-corrected chi connectivity index (χ2v) is 7.99. The molecular weight excluding hydrogens is 430 g/mol. The van der Waals surface area contributed by atoms with Crippen LogP contribution in [0.3, 0.4) is 0 Å². The number of nitrogens with zero attached hydrogens (tertiary/aromatic N) is 3. The Morgan fingerprint density at radius 1 is 1.19 bits per heavy atom. The molecule has 0 saturated carbocycles. The normalized spacial score (nSPS) is 11.6. The summed E-state index contributed by atoms with van der Waals surface area (Å²) in [6.45, 7) is 1.60. The zero-order valence-corrected chi connectivity index (χ0v) is 18.8. The fraction of sp³-hybridized carbons (Fsp3) is 0.273. The smallest absolute Gasteiger partial charge is 0.251 e. The number of aliphatic hydroxyl groups excluding tert-OH is 1. The van der Waals surface area contributed by atoms with Gasteiger partial charge in [-0.3, -0.25) is 9.59 Å². The molecule has 2 amide bonds. The van der Waals surface area contributed by atoms with Gasteiger partial charge in [-0.25, -0.2) is 0 Å². The van der Waals surface area contributed by atoms with Crippen molar-refractivity contribution in [3.8, 4) is 5.75 Å². The Bertz CT molecular complexity index is 1080. The highest BCUT2D eigenvalue weighted by Crippen LogP contribution is 2.20. The number of carbonyl (C=O) groups is 2. The number of ether oxygens (including phenoxy) is 1. The van der Waals surface area contributed by atoms with Crippen molar-refractivity contribution in [3.63, 3.8) is 0 Å². The zero-order chi connectivity index (χ0) is 23.1. The first-order chi connectivity index (χ1) is 15.4. The molecule has 3 N–H and O–H groups in total. The predicted molar refractivity (Wildman–Crippen MR) is 122 cm³/mol. The highest BCUT2D eigenvalue weighted by Gasteiger charge is 2.22. The van der Waals surface area contributed by atoms with E-state index in [-0.39, 0.29) is 24.2 Å². The summed E-state index contributed by atoms with van der Waals surface area (Å²) in [7, 11) is 3.27. The minimum Gasteiger partial charge on any atom is -0.497 e. The summed E-state index contributed by atoms with van der Waals surface area (Å²) in [4.78, 5) is 24.8. The molecule has 0 spiro atoms. The molecule has 0 unspecified atom stereocenters. The van der Waals surface area contributed by atoms with Gasteiger partial charge in [0, 0.05) is 18.3 Å². The third-order valence-corrected chi connectivity index (χ3v) is 5.67. The van der Waals surface area contributed by atoms with E-state index < -0.39 is 6.04 Å². The average molecular weight is 456 g/mol. The minimum absolute atomic E-state index is 0.141. The molecule has 0 bridgehead atoms. The highest BCUT2D eigenvalue weighted by molar-refractivity contribution is 7.99. The number of hydrogen-bond donors (Lipinski definition) is 3. The largest absolute Gasteiger partial charge is 0.497 e. The van der Waals surface area contributed by atoms with Gasteiger partial charge in [0.1, 0.15) is 11.8 Å². The first-order valence-corrected chi connectivity index (χ1v) is 10.8. The van der Waals surface area contributed by atoms with Crippen LogP contribution in [-0.4, -0.2) is 51.2 Å². The molecule has 0 radical (unpaired) electrons. The third-order valence-electron chi connectivity index (χ3n) is 4.65. The molecule has 0 fully saturated rings. The number of hydrogen-bond acceptors (Lipinski definition) is 7. The molecule has 10 heteroatoms. The molecule has 1 atom stereocenters. The van der Waals surface area contributed by atoms with Crippen LogP contribution < -0.4 is 15.4 Å². The van der Waals surface area contributed by atoms with Crippen LogP contribution >= 0.6 is 11.8 Å². The summed E-state index contributed by atoms with van der Waals surface area (Å²) < 4.78 is 6.75. The van der Waals surface area contributed by atoms with Gasteiger partial charge >= 0.3 is 0 Å². The maximum Gasteiger partial charge on any atom is 0.251 e. The maximum absolute atomic E-state index is 12.5. The number of methoxy groups -OCH3 is 1. The summed E-state index contributed by atoms with van der Waals surface area (Å²) in [5.41, 5.74) is 2.21. The zero-order valence-electron chi connectivity index (χ0n) is 18.0. The summed E-state index contributed by atoms with van der Waals surface area (Å²) >= 11 is 1.22. The second kappa shape index (κ2) is 10.8. The number of rotatable bonds is 9. The Labute approximate surface area is 190 Å². The van der Waals surface area contributed by atoms with Gasteiger partial charge < -0.3 is 25.0 Å². The molecule has 9 nitrogen and oxygen atoms in total. The van der Waals surface area contributed by atoms with E-state index in [2.05, 4.69) is 20.8 Å². The second-order valence-electron chi connectivity index (χ2n) is 7.04. The first kappa shape index (κ1) is 23.3. The molecule has 3 aromatic rings. The standard InChI is InChI=1S/C22H25N5O4S/c1-14-5-4-6-16(11-14)23-19(29)13-32-22-26-25-20(27(22)2)18(12-28)24-21(30)15-7-9-17(31-3)10-8-15/h4-11,18,28H,12-13H2,1-3H3,(H,23,29)(H,24,30)/t18-/m0/s1. The molecule has 168 valence electrons. The number of amides is 2. The minimum atomic E-state index is -0.752. The number of aromatic nitrogens is 3. The van der Waals surface area contributed by atoms with E-state index in [0.29, 0.717) is 22.3 Å². The van der Waals surface area contributed by atoms with Gasteiger partial charge in [0.2, 0.25) is 5.91 Å². The molecule has 2 aromatic carbocycles. The molecule has 0 aliphatic carbocycles. The van der Waals surface area contributed by atoms with Crippen LogP contribution in [0, 0.1) is 6.92 Å². The van der Waals surface area contributed by atoms with Crippen molar-refractivity contribution in [3.05, 3.63) is 65.5 Å². The van der Waals surface area contributed by atoms with E-state index in [4.69, 9.17) is 4.74 Å². The van der Waals surface area contributed by atoms with Gasteiger partial charge in [-0.1, -0.05) is 23.9 Å². The van der Waals surface area contributed by atoms with Gasteiger partial charge in [0.25, 0.3) is 5.91 Å². The van der Waals surface area contributed by atoms with E-state index in [0.717, 1.165) is 11.3 Å². The summed E-state index contributed by atoms with van der Waals surface area (Å²) in [5, 5.41) is 24.1. The van der Waals surface area contributed by atoms with Crippen molar-refractivity contribution in [1.82, 2.24) is 20.1 Å². The lowest BCUT2D eigenvalue weighted by Crippen LogP contribution is -2.32. The molecule has 0 saturated heterocycles. The van der Waals surface area contributed by atoms with Crippen molar-refractivity contribution in [2.75, 3.05) is 24.8 Å². The van der Waals surface area contributed by atoms with Crippen LogP contribution in [-0.2, 0) is 11.8 Å². The Balaban J connectivity index is 1.61. The molecule has 0 aliphatic rings. The van der Waals surface area contributed by atoms with Crippen molar-refractivity contribution in [1.29, 1.82) is 0 Å². The fourth-order valence-corrected chi connectivity index (χ4v) is 3.70. The number of anilines is 1. The van der Waals surface area contributed by atoms with Crippen LogP contribution in [0.1, 0.15) is 27.8 Å². The van der Waals surface area contributed by atoms with Crippen LogP contribution in [0.25, 0.3) is 0 Å². The van der Waals surface area contributed by atoms with Crippen molar-refractivity contribution in [2.45, 2.75) is 18.1 Å². The van der Waals surface area contributed by atoms with Gasteiger partial charge in [-0.2, -0.15) is 0 Å². The van der Waals surface area contributed by atoms with E-state index in [9.17, 15) is 14.7 Å². The third kappa shape index (κ3) is 5.86. The lowest BCUT2D eigenvalue weighted by Gasteiger charge is -2.16. The lowest BCUT2D eigenvalue weighted by atomic mass is 10.2. The Kier molecular flexibility index (Phi) is 7.85. The Morgan fingerprint density at radius 2 is 1.94 bits per heavy atom. The van der Waals surface area contributed by atoms with E-state index in [1.54, 1.807) is 43.0 Å². The van der Waals surface area contributed by atoms with Crippen LogP contribution in [0.15, 0.2) is 53.7 Å². The molecule has 1 aromatic heterocycles. The molecule has 32 heavy (non-hydrogen) atoms. The molecular formula is C22H25N5O4S. The van der Waals surface area contributed by atoms with Crippen molar-refractivity contribution in [2.24, 2.45) is 7.05 Å². The van der Waals surface area contributed by atoms with Crippen molar-refractivity contribution < 1.29 is 19.4 Å². The fourth-order valence-electron chi connectivity index (χ4n) is 2.98. The van der Waals surface area contributed by atoms with E-state index >= 15 is 0 Å². The number of carbonyl (C=O) groups excluding carboxylic acids is 2. The number of aliphatic hydroxyl groups is 1. The van der Waals surface area contributed by atoms with Gasteiger partial charge in [-0.15, -0.1) is 10.2 Å². The van der Waals surface area contributed by atoms with Crippen LogP contribution in [0.2, 0.25) is 0 Å². The van der Waals surface area contributed by atoms with Gasteiger partial charge in [0.15, 0.2) is 11.0 Å². The summed E-state index contributed by atoms with van der Waals surface area (Å²) in [6, 6.07) is 13.4. The summed E-state index contributed by atoms with van der Waals surface area (Å²) in [5.74, 6) is 0.637. The highest BCUT2D eigenvalue weighted by atomic mass is 32.2. The molecule has 0 aliphatic heterocycles. The topological polar surface area (TPSA) is 118 Å². The van der Waals surface area contributed by atoms with Crippen molar-refractivity contribution >= 4 is 29.3 Å². The Hall–Kier alpha value is -3.37. The monoisotopic (exact) mass is 455 g/mol. The average Bonchev–Trinajstić information content (AvgIpc) is 3.16. The van der Waals surface area contributed by atoms with E-state index in [1.807, 2.05) is 31.2 Å². The van der Waals surface area contributed by atoms with Gasteiger partial charge in [-0.05, 0) is 48.9 Å². The number of nitrogens with one attached hydrogen (secondary N) is 2. The van der Waals surface area contributed by atoms with Crippen LogP contribution in [0.4, 0.5) is 5.69 Å². The van der Waals surface area contributed by atoms with E-state index in [1.165, 1.54) is 11.8 Å². The van der Waals surface area contributed by atoms with Gasteiger partial charge in [0.05, 0.1) is 19.5 Å². The SMILES string of the molecule is COc1ccc(C(=O)N[C@@H](CO)c2nnc(SCC(=O)Nc3cccc(C)c3)n2C)cc1. The number of benzene rings is 2. The lowest BCUT2D eigenvalue weighted by molar-refractivity contribution is -0.113. The number of thioether (sulfide) groups is 1. The quantitative estimate of drug-likeness (QED) is 0.424. The number of aryl methyl sites for hydroxylation is 1. The molecule has 3 rings (SSSR count). The van der Waals surface area contributed by atoms with Crippen LogP contribution in [0.5, 0.6) is 5.75 Å².